The zero-order valence-electron chi connectivity index (χ0n) is 13.4. The van der Waals surface area contributed by atoms with E-state index < -0.39 is 10.0 Å². The predicted octanol–water partition coefficient (Wildman–Crippen LogP) is 1.16. The molecule has 0 aromatic heterocycles. The van der Waals surface area contributed by atoms with Crippen LogP contribution in [0.2, 0.25) is 0 Å². The Kier molecular flexibility index (Phi) is 4.77. The summed E-state index contributed by atoms with van der Waals surface area (Å²) in [6.45, 7) is 6.57. The molecular formula is C15H22N2O4S. The van der Waals surface area contributed by atoms with E-state index in [2.05, 4.69) is 0 Å². The van der Waals surface area contributed by atoms with Crippen LogP contribution in [0.25, 0.3) is 0 Å². The van der Waals surface area contributed by atoms with Gasteiger partial charge in [0, 0.05) is 33.1 Å². The number of carbonyl (C=O) groups is 1. The van der Waals surface area contributed by atoms with E-state index in [-0.39, 0.29) is 5.91 Å². The first-order chi connectivity index (χ1) is 10.3. The van der Waals surface area contributed by atoms with Crippen LogP contribution in [0.1, 0.15) is 18.1 Å². The molecule has 1 amide bonds. The average molecular weight is 326 g/mol. The van der Waals surface area contributed by atoms with Gasteiger partial charge in [-0.3, -0.25) is 4.79 Å². The highest BCUT2D eigenvalue weighted by molar-refractivity contribution is 7.89. The lowest BCUT2D eigenvalue weighted by molar-refractivity contribution is -0.129. The van der Waals surface area contributed by atoms with Crippen molar-refractivity contribution in [3.05, 3.63) is 23.3 Å². The Labute approximate surface area is 131 Å². The number of methoxy groups -OCH3 is 1. The predicted molar refractivity (Wildman–Crippen MR) is 83.5 cm³/mol. The van der Waals surface area contributed by atoms with Gasteiger partial charge in [-0.05, 0) is 37.1 Å². The molecule has 1 fully saturated rings. The fourth-order valence-corrected chi connectivity index (χ4v) is 4.64. The SMILES string of the molecule is COc1cc(C)c(S(=O)(=O)N2CCN(C(C)=O)CC2)c(C)c1. The molecule has 0 atom stereocenters. The van der Waals surface area contributed by atoms with Gasteiger partial charge in [0.15, 0.2) is 0 Å². The molecule has 0 spiro atoms. The van der Waals surface area contributed by atoms with E-state index in [0.717, 1.165) is 0 Å². The summed E-state index contributed by atoms with van der Waals surface area (Å²) in [7, 11) is -2.00. The fraction of sp³-hybridized carbons (Fsp3) is 0.533. The molecule has 122 valence electrons. The number of benzene rings is 1. The van der Waals surface area contributed by atoms with Gasteiger partial charge in [-0.2, -0.15) is 4.31 Å². The van der Waals surface area contributed by atoms with Gasteiger partial charge in [-0.25, -0.2) is 8.42 Å². The second kappa shape index (κ2) is 6.26. The van der Waals surface area contributed by atoms with Crippen LogP contribution in [0, 0.1) is 13.8 Å². The number of hydrogen-bond acceptors (Lipinski definition) is 4. The Hall–Kier alpha value is -1.60. The molecule has 1 aliphatic rings. The largest absolute Gasteiger partial charge is 0.497 e. The molecule has 0 N–H and O–H groups in total. The van der Waals surface area contributed by atoms with Crippen molar-refractivity contribution in [2.24, 2.45) is 0 Å². The van der Waals surface area contributed by atoms with Gasteiger partial charge in [-0.1, -0.05) is 0 Å². The molecular weight excluding hydrogens is 304 g/mol. The molecule has 0 aliphatic carbocycles. The third-order valence-corrected chi connectivity index (χ3v) is 6.16. The smallest absolute Gasteiger partial charge is 0.243 e. The number of rotatable bonds is 3. The van der Waals surface area contributed by atoms with Crippen LogP contribution in [-0.2, 0) is 14.8 Å². The molecule has 2 rings (SSSR count). The van der Waals surface area contributed by atoms with E-state index in [9.17, 15) is 13.2 Å². The van der Waals surface area contributed by atoms with E-state index >= 15 is 0 Å². The number of carbonyl (C=O) groups excluding carboxylic acids is 1. The minimum Gasteiger partial charge on any atom is -0.497 e. The first-order valence-electron chi connectivity index (χ1n) is 7.18. The normalized spacial score (nSPS) is 16.6. The number of amides is 1. The van der Waals surface area contributed by atoms with Crippen LogP contribution >= 0.6 is 0 Å². The highest BCUT2D eigenvalue weighted by Crippen LogP contribution is 2.28. The van der Waals surface area contributed by atoms with Crippen LogP contribution in [0.3, 0.4) is 0 Å². The zero-order chi connectivity index (χ0) is 16.5. The number of hydrogen-bond donors (Lipinski definition) is 0. The summed E-state index contributed by atoms with van der Waals surface area (Å²) in [4.78, 5) is 13.4. The summed E-state index contributed by atoms with van der Waals surface area (Å²) in [6, 6.07) is 3.46. The fourth-order valence-electron chi connectivity index (χ4n) is 2.81. The van der Waals surface area contributed by atoms with Gasteiger partial charge >= 0.3 is 0 Å². The Morgan fingerprint density at radius 1 is 1.09 bits per heavy atom. The van der Waals surface area contributed by atoms with Gasteiger partial charge < -0.3 is 9.64 Å². The van der Waals surface area contributed by atoms with Gasteiger partial charge in [-0.15, -0.1) is 0 Å². The van der Waals surface area contributed by atoms with Crippen molar-refractivity contribution < 1.29 is 17.9 Å². The summed E-state index contributed by atoms with van der Waals surface area (Å²) in [5, 5.41) is 0. The first-order valence-corrected chi connectivity index (χ1v) is 8.62. The average Bonchev–Trinajstić information content (AvgIpc) is 2.46. The number of ether oxygens (including phenoxy) is 1. The second-order valence-electron chi connectivity index (χ2n) is 5.50. The molecule has 22 heavy (non-hydrogen) atoms. The minimum absolute atomic E-state index is 0.0196. The van der Waals surface area contributed by atoms with Crippen molar-refractivity contribution in [3.8, 4) is 5.75 Å². The monoisotopic (exact) mass is 326 g/mol. The van der Waals surface area contributed by atoms with Crippen LogP contribution < -0.4 is 4.74 Å². The van der Waals surface area contributed by atoms with E-state index in [1.165, 1.54) is 11.2 Å². The van der Waals surface area contributed by atoms with Crippen LogP contribution in [-0.4, -0.2) is 56.8 Å². The summed E-state index contributed by atoms with van der Waals surface area (Å²) < 4.78 is 32.4. The van der Waals surface area contributed by atoms with Gasteiger partial charge in [0.2, 0.25) is 15.9 Å². The lowest BCUT2D eigenvalue weighted by atomic mass is 10.1. The maximum Gasteiger partial charge on any atom is 0.243 e. The topological polar surface area (TPSA) is 66.9 Å². The first kappa shape index (κ1) is 16.8. The molecule has 1 aromatic rings. The van der Waals surface area contributed by atoms with Crippen molar-refractivity contribution in [1.82, 2.24) is 9.21 Å². The van der Waals surface area contributed by atoms with Crippen molar-refractivity contribution in [3.63, 3.8) is 0 Å². The van der Waals surface area contributed by atoms with Crippen molar-refractivity contribution in [2.45, 2.75) is 25.7 Å². The van der Waals surface area contributed by atoms with Gasteiger partial charge in [0.05, 0.1) is 12.0 Å². The van der Waals surface area contributed by atoms with E-state index in [0.29, 0.717) is 48.0 Å². The number of piperazine rings is 1. The summed E-state index contributed by atoms with van der Waals surface area (Å²) in [6.07, 6.45) is 0. The van der Waals surface area contributed by atoms with E-state index in [1.54, 1.807) is 38.0 Å². The van der Waals surface area contributed by atoms with Gasteiger partial charge in [0.25, 0.3) is 0 Å². The molecule has 1 aromatic carbocycles. The molecule has 0 unspecified atom stereocenters. The van der Waals surface area contributed by atoms with Crippen molar-refractivity contribution >= 4 is 15.9 Å². The molecule has 1 saturated heterocycles. The third kappa shape index (κ3) is 3.10. The quantitative estimate of drug-likeness (QED) is 0.836. The Morgan fingerprint density at radius 3 is 2.00 bits per heavy atom. The molecule has 0 bridgehead atoms. The number of nitrogens with zero attached hydrogens (tertiary/aromatic N) is 2. The summed E-state index contributed by atoms with van der Waals surface area (Å²) in [5.41, 5.74) is 1.34. The Balaban J connectivity index is 2.31. The second-order valence-corrected chi connectivity index (χ2v) is 7.38. The molecule has 7 heteroatoms. The molecule has 6 nitrogen and oxygen atoms in total. The van der Waals surface area contributed by atoms with Crippen molar-refractivity contribution in [1.29, 1.82) is 0 Å². The Bertz CT molecular complexity index is 654. The molecule has 0 radical (unpaired) electrons. The molecule has 1 aliphatic heterocycles. The Morgan fingerprint density at radius 2 is 1.59 bits per heavy atom. The molecule has 1 heterocycles. The maximum atomic E-state index is 12.9. The maximum absolute atomic E-state index is 12.9. The lowest BCUT2D eigenvalue weighted by Gasteiger charge is -2.34. The summed E-state index contributed by atoms with van der Waals surface area (Å²) in [5.74, 6) is 0.629. The lowest BCUT2D eigenvalue weighted by Crippen LogP contribution is -2.50. The standard InChI is InChI=1S/C15H22N2O4S/c1-11-9-14(21-4)10-12(2)15(11)22(19,20)17-7-5-16(6-8-17)13(3)18/h9-10H,5-8H2,1-4H3. The van der Waals surface area contributed by atoms with Gasteiger partial charge in [0.1, 0.15) is 5.75 Å². The molecule has 0 saturated carbocycles. The minimum atomic E-state index is -3.56. The third-order valence-electron chi connectivity index (χ3n) is 3.95. The number of sulfonamides is 1. The van der Waals surface area contributed by atoms with Crippen molar-refractivity contribution in [2.75, 3.05) is 33.3 Å². The van der Waals surface area contributed by atoms with Crippen LogP contribution in [0.5, 0.6) is 5.75 Å². The van der Waals surface area contributed by atoms with Crippen LogP contribution in [0.4, 0.5) is 0 Å². The van der Waals surface area contributed by atoms with Crippen LogP contribution in [0.15, 0.2) is 17.0 Å². The van der Waals surface area contributed by atoms with E-state index in [1.807, 2.05) is 0 Å². The highest BCUT2D eigenvalue weighted by Gasteiger charge is 2.31. The van der Waals surface area contributed by atoms with E-state index in [4.69, 9.17) is 4.74 Å². The highest BCUT2D eigenvalue weighted by atomic mass is 32.2. The summed E-state index contributed by atoms with van der Waals surface area (Å²) >= 11 is 0. The zero-order valence-corrected chi connectivity index (χ0v) is 14.2. The number of aryl methyl sites for hydroxylation is 2.